The summed E-state index contributed by atoms with van der Waals surface area (Å²) >= 11 is 0. The Morgan fingerprint density at radius 2 is 1.80 bits per heavy atom. The first-order valence-electron chi connectivity index (χ1n) is 10.5. The van der Waals surface area contributed by atoms with Gasteiger partial charge in [-0.1, -0.05) is 6.92 Å². The van der Waals surface area contributed by atoms with Crippen LogP contribution < -0.4 is 10.3 Å². The molecule has 0 aliphatic carbocycles. The van der Waals surface area contributed by atoms with Gasteiger partial charge in [0.2, 0.25) is 15.5 Å². The maximum atomic E-state index is 13.1. The summed E-state index contributed by atoms with van der Waals surface area (Å²) in [5.41, 5.74) is 0.160. The number of fused-ring (bicyclic) bond motifs is 1. The van der Waals surface area contributed by atoms with Gasteiger partial charge in [-0.15, -0.1) is 0 Å². The number of benzene rings is 1. The number of piperazine rings is 1. The molecule has 2 aliphatic heterocycles. The molecule has 3 heterocycles. The van der Waals surface area contributed by atoms with Crippen molar-refractivity contribution in [2.24, 2.45) is 5.92 Å². The van der Waals surface area contributed by atoms with Crippen molar-refractivity contribution >= 4 is 26.8 Å². The highest BCUT2D eigenvalue weighted by molar-refractivity contribution is 7.89. The van der Waals surface area contributed by atoms with Crippen molar-refractivity contribution < 1.29 is 18.1 Å². The van der Waals surface area contributed by atoms with Crippen molar-refractivity contribution in [3.8, 4) is 0 Å². The smallest absolute Gasteiger partial charge is 0.259 e. The molecule has 1 amide bonds. The van der Waals surface area contributed by atoms with Crippen LogP contribution in [0.3, 0.4) is 0 Å². The second kappa shape index (κ2) is 8.13. The van der Waals surface area contributed by atoms with Crippen molar-refractivity contribution in [3.05, 3.63) is 40.2 Å². The molecular formula is C21H29N4O4S+. The highest BCUT2D eigenvalue weighted by Gasteiger charge is 2.30. The van der Waals surface area contributed by atoms with Gasteiger partial charge in [0.05, 0.1) is 38.1 Å². The van der Waals surface area contributed by atoms with Crippen molar-refractivity contribution in [1.82, 2.24) is 14.2 Å². The lowest BCUT2D eigenvalue weighted by Crippen LogP contribution is -3.12. The van der Waals surface area contributed by atoms with Crippen molar-refractivity contribution in [2.75, 3.05) is 46.3 Å². The van der Waals surface area contributed by atoms with E-state index >= 15 is 0 Å². The summed E-state index contributed by atoms with van der Waals surface area (Å²) in [4.78, 5) is 32.1. The third kappa shape index (κ3) is 3.89. The van der Waals surface area contributed by atoms with Crippen LogP contribution in [0.15, 0.2) is 34.1 Å². The number of hydrogen-bond donors (Lipinski definition) is 2. The molecule has 0 unspecified atom stereocenters. The van der Waals surface area contributed by atoms with Gasteiger partial charge in [-0.25, -0.2) is 8.42 Å². The van der Waals surface area contributed by atoms with E-state index in [2.05, 4.69) is 11.9 Å². The molecule has 0 bridgehead atoms. The first-order valence-corrected chi connectivity index (χ1v) is 12.0. The van der Waals surface area contributed by atoms with Crippen molar-refractivity contribution in [2.45, 2.75) is 24.7 Å². The average Bonchev–Trinajstić information content (AvgIpc) is 2.74. The number of H-pyrrole nitrogens is 1. The van der Waals surface area contributed by atoms with E-state index in [1.807, 2.05) is 7.05 Å². The SMILES string of the molecule is CC1CCN(C(=O)c2c[nH]c3ccc(S(=O)(=O)N4CC[NH+](C)CC4)cc3c2=O)CC1. The number of pyridine rings is 1. The predicted molar refractivity (Wildman–Crippen MR) is 114 cm³/mol. The van der Waals surface area contributed by atoms with Gasteiger partial charge in [-0.2, -0.15) is 4.31 Å². The Labute approximate surface area is 176 Å². The Hall–Kier alpha value is -2.23. The summed E-state index contributed by atoms with van der Waals surface area (Å²) in [5.74, 6) is 0.285. The average molecular weight is 434 g/mol. The number of quaternary nitrogens is 1. The number of carbonyl (C=O) groups is 1. The van der Waals surface area contributed by atoms with E-state index in [-0.39, 0.29) is 21.8 Å². The fraction of sp³-hybridized carbons (Fsp3) is 0.524. The van der Waals surface area contributed by atoms with Crippen LogP contribution in [0.1, 0.15) is 30.1 Å². The third-order valence-corrected chi connectivity index (χ3v) is 8.26. The molecule has 2 aromatic rings. The molecule has 0 radical (unpaired) electrons. The summed E-state index contributed by atoms with van der Waals surface area (Å²) in [6.45, 7) is 5.84. The number of sulfonamides is 1. The minimum absolute atomic E-state index is 0.0646. The molecule has 2 fully saturated rings. The maximum absolute atomic E-state index is 13.1. The lowest BCUT2D eigenvalue weighted by molar-refractivity contribution is -0.883. The maximum Gasteiger partial charge on any atom is 0.259 e. The van der Waals surface area contributed by atoms with E-state index in [4.69, 9.17) is 0 Å². The third-order valence-electron chi connectivity index (χ3n) is 6.37. The zero-order valence-corrected chi connectivity index (χ0v) is 18.3. The highest BCUT2D eigenvalue weighted by Crippen LogP contribution is 2.21. The molecular weight excluding hydrogens is 404 g/mol. The Kier molecular flexibility index (Phi) is 5.69. The molecule has 1 aromatic heterocycles. The normalized spacial score (nSPS) is 20.0. The molecule has 2 N–H and O–H groups in total. The van der Waals surface area contributed by atoms with Crippen LogP contribution in [0, 0.1) is 5.92 Å². The molecule has 30 heavy (non-hydrogen) atoms. The number of piperidine rings is 1. The van der Waals surface area contributed by atoms with Crippen LogP contribution >= 0.6 is 0 Å². The summed E-state index contributed by atoms with van der Waals surface area (Å²) in [6, 6.07) is 4.53. The van der Waals surface area contributed by atoms with Gasteiger partial charge < -0.3 is 14.8 Å². The zero-order valence-electron chi connectivity index (χ0n) is 17.5. The number of amides is 1. The van der Waals surface area contributed by atoms with Crippen LogP contribution in [0.2, 0.25) is 0 Å². The van der Waals surface area contributed by atoms with Gasteiger partial charge >= 0.3 is 0 Å². The molecule has 0 atom stereocenters. The van der Waals surface area contributed by atoms with Gasteiger partial charge in [-0.3, -0.25) is 9.59 Å². The van der Waals surface area contributed by atoms with E-state index in [0.29, 0.717) is 37.6 Å². The topological polar surface area (TPSA) is 95.0 Å². The lowest BCUT2D eigenvalue weighted by Gasteiger charge is -2.30. The number of aromatic nitrogens is 1. The number of nitrogens with one attached hydrogen (secondary N) is 2. The van der Waals surface area contributed by atoms with Crippen molar-refractivity contribution in [1.29, 1.82) is 0 Å². The zero-order chi connectivity index (χ0) is 21.5. The number of hydrogen-bond acceptors (Lipinski definition) is 4. The molecule has 0 saturated carbocycles. The fourth-order valence-electron chi connectivity index (χ4n) is 4.16. The van der Waals surface area contributed by atoms with Crippen LogP contribution in [0.4, 0.5) is 0 Å². The van der Waals surface area contributed by atoms with Gasteiger partial charge in [-0.05, 0) is 37.0 Å². The van der Waals surface area contributed by atoms with Crippen LogP contribution in [-0.4, -0.2) is 74.8 Å². The van der Waals surface area contributed by atoms with Crippen LogP contribution in [0.5, 0.6) is 0 Å². The van der Waals surface area contributed by atoms with E-state index in [1.165, 1.54) is 27.5 Å². The van der Waals surface area contributed by atoms with E-state index in [1.54, 1.807) is 11.0 Å². The van der Waals surface area contributed by atoms with Crippen molar-refractivity contribution in [3.63, 3.8) is 0 Å². The molecule has 162 valence electrons. The van der Waals surface area contributed by atoms with Gasteiger partial charge in [0.1, 0.15) is 5.56 Å². The number of nitrogens with zero attached hydrogens (tertiary/aromatic N) is 2. The largest absolute Gasteiger partial charge is 0.360 e. The van der Waals surface area contributed by atoms with E-state index in [9.17, 15) is 18.0 Å². The molecule has 2 aliphatic rings. The van der Waals surface area contributed by atoms with Gasteiger partial charge in [0.15, 0.2) is 0 Å². The molecule has 8 nitrogen and oxygen atoms in total. The molecule has 0 spiro atoms. The van der Waals surface area contributed by atoms with Crippen LogP contribution in [-0.2, 0) is 10.0 Å². The quantitative estimate of drug-likeness (QED) is 0.708. The van der Waals surface area contributed by atoms with E-state index < -0.39 is 15.5 Å². The van der Waals surface area contributed by atoms with Gasteiger partial charge in [0.25, 0.3) is 5.91 Å². The Morgan fingerprint density at radius 1 is 1.13 bits per heavy atom. The Morgan fingerprint density at radius 3 is 2.47 bits per heavy atom. The monoisotopic (exact) mass is 433 g/mol. The summed E-state index contributed by atoms with van der Waals surface area (Å²) in [5, 5.41) is 0.229. The Balaban J connectivity index is 1.68. The number of likely N-dealkylation sites (tertiary alicyclic amines) is 1. The summed E-state index contributed by atoms with van der Waals surface area (Å²) in [6.07, 6.45) is 3.29. The summed E-state index contributed by atoms with van der Waals surface area (Å²) in [7, 11) is -1.64. The highest BCUT2D eigenvalue weighted by atomic mass is 32.2. The number of likely N-dealkylation sites (N-methyl/N-ethyl adjacent to an activating group) is 1. The second-order valence-corrected chi connectivity index (χ2v) is 10.5. The standard InChI is InChI=1S/C21H28N4O4S/c1-15-5-7-24(8-6-15)21(27)18-14-22-19-4-3-16(13-17(19)20(18)26)30(28,29)25-11-9-23(2)10-12-25/h3-4,13-15H,5-12H2,1-2H3,(H,22,26)/p+1. The molecule has 9 heteroatoms. The van der Waals surface area contributed by atoms with Crippen LogP contribution in [0.25, 0.3) is 10.9 Å². The number of carbonyl (C=O) groups excluding carboxylic acids is 1. The molecule has 1 aromatic carbocycles. The van der Waals surface area contributed by atoms with Gasteiger partial charge in [0, 0.05) is 30.2 Å². The predicted octanol–water partition coefficient (Wildman–Crippen LogP) is -0.0808. The number of aromatic amines is 1. The van der Waals surface area contributed by atoms with E-state index in [0.717, 1.165) is 25.9 Å². The first-order chi connectivity index (χ1) is 14.3. The fourth-order valence-corrected chi connectivity index (χ4v) is 5.62. The lowest BCUT2D eigenvalue weighted by atomic mass is 9.98. The Bertz CT molecular complexity index is 1110. The first kappa shape index (κ1) is 21.0. The molecule has 4 rings (SSSR count). The minimum Gasteiger partial charge on any atom is -0.360 e. The molecule has 2 saturated heterocycles. The summed E-state index contributed by atoms with van der Waals surface area (Å²) < 4.78 is 27.6. The number of rotatable bonds is 3. The second-order valence-electron chi connectivity index (χ2n) is 8.57. The minimum atomic E-state index is -3.68.